The number of nitrogens with zero attached hydrogens (tertiary/aromatic N) is 2. The second-order valence-corrected chi connectivity index (χ2v) is 7.21. The van der Waals surface area contributed by atoms with Crippen LogP contribution in [-0.4, -0.2) is 36.9 Å². The zero-order chi connectivity index (χ0) is 15.3. The van der Waals surface area contributed by atoms with E-state index in [-0.39, 0.29) is 23.8 Å². The minimum Gasteiger partial charge on any atom is -0.409 e. The average molecular weight is 385 g/mol. The van der Waals surface area contributed by atoms with Crippen molar-refractivity contribution in [1.29, 1.82) is 0 Å². The predicted octanol–water partition coefficient (Wildman–Crippen LogP) is 2.25. The van der Waals surface area contributed by atoms with Crippen molar-refractivity contribution >= 4 is 43.4 Å². The van der Waals surface area contributed by atoms with Crippen LogP contribution in [0.4, 0.5) is 0 Å². The van der Waals surface area contributed by atoms with Crippen LogP contribution >= 0.6 is 27.5 Å². The Labute approximate surface area is 131 Å². The van der Waals surface area contributed by atoms with Gasteiger partial charge in [0.25, 0.3) is 0 Å². The van der Waals surface area contributed by atoms with Crippen LogP contribution in [0.5, 0.6) is 0 Å². The molecule has 9 heteroatoms. The van der Waals surface area contributed by atoms with Gasteiger partial charge in [0.15, 0.2) is 5.84 Å². The van der Waals surface area contributed by atoms with E-state index in [4.69, 9.17) is 22.5 Å². The minimum absolute atomic E-state index is 0.0907. The van der Waals surface area contributed by atoms with E-state index in [0.717, 1.165) is 4.31 Å². The van der Waals surface area contributed by atoms with Gasteiger partial charge in [-0.25, -0.2) is 8.42 Å². The molecule has 0 bridgehead atoms. The van der Waals surface area contributed by atoms with Crippen molar-refractivity contribution in [2.75, 3.05) is 13.1 Å². The predicted molar refractivity (Wildman–Crippen MR) is 81.6 cm³/mol. The van der Waals surface area contributed by atoms with Gasteiger partial charge in [-0.1, -0.05) is 23.7 Å². The van der Waals surface area contributed by atoms with Gasteiger partial charge in [0.05, 0.1) is 16.5 Å². The first-order valence-corrected chi connectivity index (χ1v) is 8.35. The van der Waals surface area contributed by atoms with Crippen LogP contribution in [0.1, 0.15) is 13.3 Å². The molecule has 20 heavy (non-hydrogen) atoms. The van der Waals surface area contributed by atoms with E-state index in [1.54, 1.807) is 0 Å². The Bertz CT molecular complexity index is 607. The summed E-state index contributed by atoms with van der Waals surface area (Å²) < 4.78 is 26.7. The van der Waals surface area contributed by atoms with Crippen molar-refractivity contribution in [3.8, 4) is 0 Å². The Hall–Kier alpha value is -0.830. The molecule has 0 fully saturated rings. The van der Waals surface area contributed by atoms with Gasteiger partial charge in [-0.15, -0.1) is 0 Å². The Morgan fingerprint density at radius 2 is 2.20 bits per heavy atom. The van der Waals surface area contributed by atoms with Gasteiger partial charge >= 0.3 is 0 Å². The van der Waals surface area contributed by atoms with Crippen molar-refractivity contribution in [2.24, 2.45) is 10.9 Å². The summed E-state index contributed by atoms with van der Waals surface area (Å²) in [6.07, 6.45) is 0.604. The maximum Gasteiger partial charge on any atom is 0.243 e. The largest absolute Gasteiger partial charge is 0.409 e. The third kappa shape index (κ3) is 4.08. The van der Waals surface area contributed by atoms with Crippen LogP contribution in [0.15, 0.2) is 32.7 Å². The van der Waals surface area contributed by atoms with E-state index >= 15 is 0 Å². The molecule has 3 N–H and O–H groups in total. The smallest absolute Gasteiger partial charge is 0.243 e. The van der Waals surface area contributed by atoms with Gasteiger partial charge in [-0.05, 0) is 40.5 Å². The molecule has 0 aliphatic carbocycles. The molecule has 0 radical (unpaired) electrons. The first kappa shape index (κ1) is 17.2. The number of sulfonamides is 1. The molecule has 0 spiro atoms. The summed E-state index contributed by atoms with van der Waals surface area (Å²) in [4.78, 5) is 0.0907. The first-order valence-electron chi connectivity index (χ1n) is 5.74. The van der Waals surface area contributed by atoms with Crippen molar-refractivity contribution in [3.05, 3.63) is 27.7 Å². The van der Waals surface area contributed by atoms with E-state index in [9.17, 15) is 8.42 Å². The summed E-state index contributed by atoms with van der Waals surface area (Å²) in [6.45, 7) is 1.93. The SMILES string of the molecule is CCCN(C/C(N)=N/O)S(=O)(=O)c1ccc(Cl)c(Br)c1. The van der Waals surface area contributed by atoms with Crippen molar-refractivity contribution < 1.29 is 13.6 Å². The highest BCUT2D eigenvalue weighted by molar-refractivity contribution is 9.10. The second kappa shape index (κ2) is 7.26. The van der Waals surface area contributed by atoms with E-state index < -0.39 is 10.0 Å². The summed E-state index contributed by atoms with van der Waals surface area (Å²) in [5.41, 5.74) is 5.40. The van der Waals surface area contributed by atoms with Crippen LogP contribution < -0.4 is 5.73 Å². The fourth-order valence-electron chi connectivity index (χ4n) is 1.53. The van der Waals surface area contributed by atoms with Crippen molar-refractivity contribution in [3.63, 3.8) is 0 Å². The molecule has 6 nitrogen and oxygen atoms in total. The lowest BCUT2D eigenvalue weighted by molar-refractivity contribution is 0.314. The molecule has 1 aromatic carbocycles. The molecule has 0 unspecified atom stereocenters. The van der Waals surface area contributed by atoms with Crippen molar-refractivity contribution in [1.82, 2.24) is 4.31 Å². The number of hydrogen-bond donors (Lipinski definition) is 2. The fourth-order valence-corrected chi connectivity index (χ4v) is 3.71. The van der Waals surface area contributed by atoms with Gasteiger partial charge in [-0.3, -0.25) is 0 Å². The molecule has 0 amide bonds. The maximum atomic E-state index is 12.5. The van der Waals surface area contributed by atoms with Crippen molar-refractivity contribution in [2.45, 2.75) is 18.2 Å². The summed E-state index contributed by atoms with van der Waals surface area (Å²) in [6, 6.07) is 4.33. The fraction of sp³-hybridized carbons (Fsp3) is 0.364. The molecular weight excluding hydrogens is 370 g/mol. The molecule has 0 aliphatic rings. The Morgan fingerprint density at radius 1 is 1.55 bits per heavy atom. The van der Waals surface area contributed by atoms with E-state index in [1.165, 1.54) is 18.2 Å². The molecule has 1 rings (SSSR count). The summed E-state index contributed by atoms with van der Waals surface area (Å²) in [5.74, 6) is -0.171. The zero-order valence-electron chi connectivity index (χ0n) is 10.8. The van der Waals surface area contributed by atoms with Crippen LogP contribution in [0.25, 0.3) is 0 Å². The molecule has 112 valence electrons. The molecule has 0 saturated carbocycles. The number of rotatable bonds is 6. The normalized spacial score (nSPS) is 12.9. The Balaban J connectivity index is 3.18. The maximum absolute atomic E-state index is 12.5. The van der Waals surface area contributed by atoms with E-state index in [1.807, 2.05) is 6.92 Å². The van der Waals surface area contributed by atoms with Gasteiger partial charge in [-0.2, -0.15) is 4.31 Å². The standard InChI is InChI=1S/C11H15BrClN3O3S/c1-2-5-16(7-11(14)15-17)20(18,19)8-3-4-10(13)9(12)6-8/h3-4,6,17H,2,5,7H2,1H3,(H2,14,15). The lowest BCUT2D eigenvalue weighted by atomic mass is 10.4. The molecule has 0 aliphatic heterocycles. The zero-order valence-corrected chi connectivity index (χ0v) is 13.9. The van der Waals surface area contributed by atoms with E-state index in [2.05, 4.69) is 21.1 Å². The minimum atomic E-state index is -3.73. The number of halogens is 2. The molecule has 0 heterocycles. The lowest BCUT2D eigenvalue weighted by Crippen LogP contribution is -2.39. The second-order valence-electron chi connectivity index (χ2n) is 4.01. The monoisotopic (exact) mass is 383 g/mol. The number of hydrogen-bond acceptors (Lipinski definition) is 4. The van der Waals surface area contributed by atoms with Gasteiger partial charge in [0.2, 0.25) is 10.0 Å². The Kier molecular flexibility index (Phi) is 6.25. The van der Waals surface area contributed by atoms with Crippen LogP contribution in [-0.2, 0) is 10.0 Å². The summed E-state index contributed by atoms with van der Waals surface area (Å²) in [5, 5.41) is 11.8. The van der Waals surface area contributed by atoms with Gasteiger partial charge in [0, 0.05) is 11.0 Å². The van der Waals surface area contributed by atoms with Gasteiger partial charge < -0.3 is 10.9 Å². The number of benzene rings is 1. The number of nitrogens with two attached hydrogens (primary N) is 1. The van der Waals surface area contributed by atoms with Crippen LogP contribution in [0.2, 0.25) is 5.02 Å². The highest BCUT2D eigenvalue weighted by Gasteiger charge is 2.25. The average Bonchev–Trinajstić information content (AvgIpc) is 2.40. The molecular formula is C11H15BrClN3O3S. The third-order valence-corrected chi connectivity index (χ3v) is 5.52. The van der Waals surface area contributed by atoms with Crippen LogP contribution in [0, 0.1) is 0 Å². The number of oxime groups is 1. The quantitative estimate of drug-likeness (QED) is 0.340. The molecule has 1 aromatic rings. The highest BCUT2D eigenvalue weighted by atomic mass is 79.9. The summed E-state index contributed by atoms with van der Waals surface area (Å²) >= 11 is 9.04. The topological polar surface area (TPSA) is 96.0 Å². The lowest BCUT2D eigenvalue weighted by Gasteiger charge is -2.21. The van der Waals surface area contributed by atoms with Gasteiger partial charge in [0.1, 0.15) is 0 Å². The third-order valence-electron chi connectivity index (χ3n) is 2.47. The highest BCUT2D eigenvalue weighted by Crippen LogP contribution is 2.27. The molecule has 0 saturated heterocycles. The number of amidine groups is 1. The van der Waals surface area contributed by atoms with E-state index in [0.29, 0.717) is 15.9 Å². The summed E-state index contributed by atoms with van der Waals surface area (Å²) in [7, 11) is -3.73. The first-order chi connectivity index (χ1) is 9.32. The molecule has 0 atom stereocenters. The van der Waals surface area contributed by atoms with Crippen LogP contribution in [0.3, 0.4) is 0 Å². The Morgan fingerprint density at radius 3 is 2.70 bits per heavy atom. The molecule has 0 aromatic heterocycles.